The number of rotatable bonds is 9. The Kier molecular flexibility index (Phi) is 8.91. The molecule has 36 heavy (non-hydrogen) atoms. The van der Waals surface area contributed by atoms with Crippen molar-refractivity contribution in [2.24, 2.45) is 18.9 Å². The van der Waals surface area contributed by atoms with E-state index in [4.69, 9.17) is 0 Å². The smallest absolute Gasteiger partial charge is 0.314 e. The van der Waals surface area contributed by atoms with E-state index in [9.17, 15) is 27.2 Å². The van der Waals surface area contributed by atoms with Gasteiger partial charge >= 0.3 is 6.18 Å². The van der Waals surface area contributed by atoms with Gasteiger partial charge in [0.2, 0.25) is 5.91 Å². The van der Waals surface area contributed by atoms with Crippen molar-refractivity contribution in [2.45, 2.75) is 78.1 Å². The van der Waals surface area contributed by atoms with Crippen LogP contribution in [0.15, 0.2) is 24.3 Å². The third-order valence-electron chi connectivity index (χ3n) is 6.66. The van der Waals surface area contributed by atoms with Crippen LogP contribution in [0.5, 0.6) is 0 Å². The first kappa shape index (κ1) is 29.3. The minimum absolute atomic E-state index is 0.0596. The Bertz CT molecular complexity index is 1080. The summed E-state index contributed by atoms with van der Waals surface area (Å²) in [5, 5.41) is 8.35. The molecule has 0 spiro atoms. The van der Waals surface area contributed by atoms with Gasteiger partial charge in [-0.25, -0.2) is 4.39 Å². The number of nitrogens with zero attached hydrogens (tertiary/aromatic N) is 3. The monoisotopic (exact) mass is 513 g/mol. The standard InChI is InChI=1S/C25H35F4N5O2/c1-8-24(6,14-13-16(15(2)3)20(35)31-33-22(36)23(4,5)26)21-32-30-19(34(21)7)17-11-9-10-12-18(17)25(27,28)29/h9-12,15-16H,8,13-14H2,1-7H3,(H,31,35)(H,33,36). The molecule has 0 aliphatic carbocycles. The molecule has 2 aromatic rings. The minimum atomic E-state index is -4.54. The second kappa shape index (κ2) is 11.0. The van der Waals surface area contributed by atoms with Crippen LogP contribution in [0.25, 0.3) is 11.4 Å². The van der Waals surface area contributed by atoms with E-state index in [-0.39, 0.29) is 17.3 Å². The molecular weight excluding hydrogens is 478 g/mol. The van der Waals surface area contributed by atoms with Crippen molar-refractivity contribution < 1.29 is 27.2 Å². The zero-order chi connectivity index (χ0) is 27.5. The van der Waals surface area contributed by atoms with Crippen molar-refractivity contribution in [3.8, 4) is 11.4 Å². The normalized spacial score (nSPS) is 14.9. The predicted molar refractivity (Wildman–Crippen MR) is 128 cm³/mol. The number of aromatic nitrogens is 3. The third kappa shape index (κ3) is 6.61. The van der Waals surface area contributed by atoms with E-state index < -0.39 is 40.6 Å². The average Bonchev–Trinajstić information content (AvgIpc) is 3.17. The maximum atomic E-state index is 13.7. The van der Waals surface area contributed by atoms with Gasteiger partial charge in [-0.05, 0) is 45.1 Å². The fraction of sp³-hybridized carbons (Fsp3) is 0.600. The summed E-state index contributed by atoms with van der Waals surface area (Å²) < 4.78 is 56.0. The lowest BCUT2D eigenvalue weighted by Crippen LogP contribution is -2.51. The van der Waals surface area contributed by atoms with E-state index in [0.717, 1.165) is 19.9 Å². The van der Waals surface area contributed by atoms with Gasteiger partial charge in [-0.3, -0.25) is 20.4 Å². The lowest BCUT2D eigenvalue weighted by Gasteiger charge is -2.30. The van der Waals surface area contributed by atoms with Gasteiger partial charge in [0, 0.05) is 23.9 Å². The molecular formula is C25H35F4N5O2. The zero-order valence-electron chi connectivity index (χ0n) is 21.8. The molecule has 0 bridgehead atoms. The van der Waals surface area contributed by atoms with Crippen LogP contribution in [0.1, 0.15) is 72.2 Å². The maximum absolute atomic E-state index is 13.7. The predicted octanol–water partition coefficient (Wildman–Crippen LogP) is 5.12. The van der Waals surface area contributed by atoms with E-state index in [0.29, 0.717) is 25.1 Å². The van der Waals surface area contributed by atoms with E-state index in [1.807, 2.05) is 27.7 Å². The number of benzene rings is 1. The number of halogens is 4. The summed E-state index contributed by atoms with van der Waals surface area (Å²) in [6.45, 7) is 9.77. The van der Waals surface area contributed by atoms with Crippen molar-refractivity contribution in [3.05, 3.63) is 35.7 Å². The molecule has 0 aliphatic rings. The SMILES string of the molecule is CCC(C)(CCC(C(=O)NNC(=O)C(C)(C)F)C(C)C)c1nnc(-c2ccccc2C(F)(F)F)n1C. The summed E-state index contributed by atoms with van der Waals surface area (Å²) in [6, 6.07) is 5.23. The molecule has 0 fully saturated rings. The second-order valence-electron chi connectivity index (χ2n) is 10.2. The van der Waals surface area contributed by atoms with E-state index in [2.05, 4.69) is 21.0 Å². The van der Waals surface area contributed by atoms with Crippen molar-refractivity contribution >= 4 is 11.8 Å². The molecule has 1 aromatic carbocycles. The van der Waals surface area contributed by atoms with Crippen molar-refractivity contribution in [2.75, 3.05) is 0 Å². The third-order valence-corrected chi connectivity index (χ3v) is 6.66. The van der Waals surface area contributed by atoms with Crippen LogP contribution in [0, 0.1) is 11.8 Å². The van der Waals surface area contributed by atoms with E-state index in [1.54, 1.807) is 11.6 Å². The maximum Gasteiger partial charge on any atom is 0.417 e. The number of alkyl halides is 4. The van der Waals surface area contributed by atoms with Gasteiger partial charge < -0.3 is 4.57 Å². The first-order chi connectivity index (χ1) is 16.5. The highest BCUT2D eigenvalue weighted by Gasteiger charge is 2.37. The van der Waals surface area contributed by atoms with Crippen LogP contribution in [0.4, 0.5) is 17.6 Å². The minimum Gasteiger partial charge on any atom is -0.314 e. The average molecular weight is 514 g/mol. The summed E-state index contributed by atoms with van der Waals surface area (Å²) in [4.78, 5) is 24.5. The topological polar surface area (TPSA) is 88.9 Å². The molecule has 2 N–H and O–H groups in total. The fourth-order valence-electron chi connectivity index (χ4n) is 4.06. The van der Waals surface area contributed by atoms with Gasteiger partial charge in [0.15, 0.2) is 11.5 Å². The molecule has 1 heterocycles. The quantitative estimate of drug-likeness (QED) is 0.360. The van der Waals surface area contributed by atoms with Crippen LogP contribution < -0.4 is 10.9 Å². The molecule has 200 valence electrons. The van der Waals surface area contributed by atoms with E-state index in [1.165, 1.54) is 18.2 Å². The lowest BCUT2D eigenvalue weighted by atomic mass is 9.77. The molecule has 2 amide bonds. The molecule has 0 radical (unpaired) electrons. The molecule has 11 heteroatoms. The number of hydrogen-bond acceptors (Lipinski definition) is 4. The van der Waals surface area contributed by atoms with Crippen molar-refractivity contribution in [1.82, 2.24) is 25.6 Å². The Balaban J connectivity index is 2.27. The number of hydrazine groups is 1. The van der Waals surface area contributed by atoms with Gasteiger partial charge in [0.1, 0.15) is 5.82 Å². The Morgan fingerprint density at radius 2 is 1.64 bits per heavy atom. The van der Waals surface area contributed by atoms with Gasteiger partial charge in [0.05, 0.1) is 5.56 Å². The molecule has 7 nitrogen and oxygen atoms in total. The van der Waals surface area contributed by atoms with Crippen LogP contribution in [0.2, 0.25) is 0 Å². The molecule has 2 atom stereocenters. The van der Waals surface area contributed by atoms with E-state index >= 15 is 0 Å². The molecule has 2 unspecified atom stereocenters. The summed E-state index contributed by atoms with van der Waals surface area (Å²) in [5.41, 5.74) is 0.833. The summed E-state index contributed by atoms with van der Waals surface area (Å²) in [7, 11) is 1.63. The van der Waals surface area contributed by atoms with Crippen LogP contribution in [-0.4, -0.2) is 32.2 Å². The lowest BCUT2D eigenvalue weighted by molar-refractivity contribution is -0.137. The highest BCUT2D eigenvalue weighted by molar-refractivity contribution is 5.87. The van der Waals surface area contributed by atoms with Gasteiger partial charge in [-0.2, -0.15) is 13.2 Å². The van der Waals surface area contributed by atoms with Crippen LogP contribution in [-0.2, 0) is 28.2 Å². The molecule has 2 rings (SSSR count). The Hall–Kier alpha value is -2.98. The number of carbonyl (C=O) groups excluding carboxylic acids is 2. The van der Waals surface area contributed by atoms with Crippen molar-refractivity contribution in [1.29, 1.82) is 0 Å². The first-order valence-electron chi connectivity index (χ1n) is 11.9. The summed E-state index contributed by atoms with van der Waals surface area (Å²) in [5.74, 6) is -1.38. The fourth-order valence-corrected chi connectivity index (χ4v) is 4.06. The molecule has 0 saturated carbocycles. The molecule has 0 aliphatic heterocycles. The largest absolute Gasteiger partial charge is 0.417 e. The number of nitrogens with one attached hydrogen (secondary N) is 2. The Morgan fingerprint density at radius 3 is 2.17 bits per heavy atom. The molecule has 1 aromatic heterocycles. The molecule has 0 saturated heterocycles. The zero-order valence-corrected chi connectivity index (χ0v) is 21.8. The van der Waals surface area contributed by atoms with Gasteiger partial charge in [-0.15, -0.1) is 10.2 Å². The number of carbonyl (C=O) groups is 2. The highest BCUT2D eigenvalue weighted by Crippen LogP contribution is 2.39. The van der Waals surface area contributed by atoms with Crippen molar-refractivity contribution in [3.63, 3.8) is 0 Å². The van der Waals surface area contributed by atoms with Gasteiger partial charge in [-0.1, -0.05) is 45.9 Å². The highest BCUT2D eigenvalue weighted by atomic mass is 19.4. The number of amides is 2. The number of hydrogen-bond donors (Lipinski definition) is 2. The Morgan fingerprint density at radius 1 is 1.03 bits per heavy atom. The summed E-state index contributed by atoms with van der Waals surface area (Å²) >= 11 is 0. The van der Waals surface area contributed by atoms with Crippen LogP contribution >= 0.6 is 0 Å². The summed E-state index contributed by atoms with van der Waals surface area (Å²) in [6.07, 6.45) is -3.06. The second-order valence-corrected chi connectivity index (χ2v) is 10.2. The van der Waals surface area contributed by atoms with Gasteiger partial charge in [0.25, 0.3) is 5.91 Å². The first-order valence-corrected chi connectivity index (χ1v) is 11.9. The Labute approximate surface area is 209 Å². The van der Waals surface area contributed by atoms with Crippen LogP contribution in [0.3, 0.4) is 0 Å².